The zero-order chi connectivity index (χ0) is 20.6. The summed E-state index contributed by atoms with van der Waals surface area (Å²) in [5.41, 5.74) is 0.544. The van der Waals surface area contributed by atoms with E-state index in [-0.39, 0.29) is 11.6 Å². The molecule has 1 saturated heterocycles. The highest BCUT2D eigenvalue weighted by atomic mass is 16.6. The van der Waals surface area contributed by atoms with Crippen LogP contribution in [0.15, 0.2) is 41.3 Å². The van der Waals surface area contributed by atoms with Crippen molar-refractivity contribution >= 4 is 23.1 Å². The molecule has 1 amide bonds. The normalized spacial score (nSPS) is 16.9. The second kappa shape index (κ2) is 7.23. The molecule has 9 nitrogen and oxygen atoms in total. The fourth-order valence-corrected chi connectivity index (χ4v) is 3.36. The number of aromatic nitrogens is 4. The number of anilines is 1. The van der Waals surface area contributed by atoms with Gasteiger partial charge in [0, 0.05) is 13.1 Å². The van der Waals surface area contributed by atoms with E-state index in [4.69, 9.17) is 4.74 Å². The smallest absolute Gasteiger partial charge is 0.407 e. The molecule has 0 spiro atoms. The number of hydrogen-bond donors (Lipinski definition) is 2. The van der Waals surface area contributed by atoms with Crippen molar-refractivity contribution in [1.29, 1.82) is 0 Å². The van der Waals surface area contributed by atoms with Crippen LogP contribution in [0, 0.1) is 0 Å². The molecule has 4 rings (SSSR count). The highest BCUT2D eigenvalue weighted by Gasteiger charge is 2.28. The van der Waals surface area contributed by atoms with Crippen LogP contribution in [0.2, 0.25) is 0 Å². The molecule has 2 aromatic heterocycles. The van der Waals surface area contributed by atoms with E-state index in [1.165, 1.54) is 6.20 Å². The molecule has 29 heavy (non-hydrogen) atoms. The van der Waals surface area contributed by atoms with Gasteiger partial charge in [0.05, 0.1) is 17.9 Å². The maximum Gasteiger partial charge on any atom is 0.407 e. The summed E-state index contributed by atoms with van der Waals surface area (Å²) in [6.45, 7) is 6.68. The summed E-state index contributed by atoms with van der Waals surface area (Å²) in [6.07, 6.45) is 1.82. The van der Waals surface area contributed by atoms with E-state index >= 15 is 0 Å². The number of nitrogens with one attached hydrogen (secondary N) is 2. The van der Waals surface area contributed by atoms with Crippen molar-refractivity contribution in [2.45, 2.75) is 38.8 Å². The Hall–Kier alpha value is -3.36. The van der Waals surface area contributed by atoms with E-state index in [1.54, 1.807) is 4.68 Å². The number of carbonyl (C=O) groups excluding carboxylic acids is 1. The molecule has 1 aliphatic rings. The highest BCUT2D eigenvalue weighted by Crippen LogP contribution is 2.20. The summed E-state index contributed by atoms with van der Waals surface area (Å²) in [6, 6.07) is 9.47. The zero-order valence-electron chi connectivity index (χ0n) is 16.7. The Balaban J connectivity index is 1.56. The molecule has 152 valence electrons. The molecule has 1 atom stereocenters. The lowest BCUT2D eigenvalue weighted by Gasteiger charge is -2.22. The van der Waals surface area contributed by atoms with Gasteiger partial charge in [0.25, 0.3) is 5.56 Å². The first kappa shape index (κ1) is 19.0. The second-order valence-electron chi connectivity index (χ2n) is 8.10. The van der Waals surface area contributed by atoms with Gasteiger partial charge in [0.15, 0.2) is 5.65 Å². The van der Waals surface area contributed by atoms with Crippen LogP contribution >= 0.6 is 0 Å². The Labute approximate surface area is 167 Å². The number of alkyl carbamates (subject to hydrolysis) is 1. The Bertz CT molecular complexity index is 1080. The van der Waals surface area contributed by atoms with Gasteiger partial charge in [-0.1, -0.05) is 18.2 Å². The molecule has 9 heteroatoms. The molecule has 0 unspecified atom stereocenters. The summed E-state index contributed by atoms with van der Waals surface area (Å²) in [7, 11) is 0. The number of para-hydroxylation sites is 1. The maximum atomic E-state index is 12.6. The van der Waals surface area contributed by atoms with Gasteiger partial charge in [-0.25, -0.2) is 9.48 Å². The largest absolute Gasteiger partial charge is 0.444 e. The molecule has 0 aliphatic carbocycles. The number of rotatable bonds is 3. The van der Waals surface area contributed by atoms with Crippen molar-refractivity contribution < 1.29 is 9.53 Å². The van der Waals surface area contributed by atoms with E-state index in [0.717, 1.165) is 12.1 Å². The average molecular weight is 396 g/mol. The molecular formula is C20H24N6O3. The number of ether oxygens (including phenoxy) is 1. The van der Waals surface area contributed by atoms with Crippen molar-refractivity contribution in [3.05, 3.63) is 46.9 Å². The minimum Gasteiger partial charge on any atom is -0.444 e. The number of fused-ring (bicyclic) bond motifs is 1. The maximum absolute atomic E-state index is 12.6. The van der Waals surface area contributed by atoms with Crippen LogP contribution in [-0.2, 0) is 4.74 Å². The third-order valence-corrected chi connectivity index (χ3v) is 4.64. The van der Waals surface area contributed by atoms with E-state index in [2.05, 4.69) is 20.4 Å². The van der Waals surface area contributed by atoms with Crippen molar-refractivity contribution in [3.63, 3.8) is 0 Å². The van der Waals surface area contributed by atoms with Crippen molar-refractivity contribution in [1.82, 2.24) is 25.1 Å². The first-order chi connectivity index (χ1) is 13.8. The Morgan fingerprint density at radius 2 is 2.03 bits per heavy atom. The molecule has 1 fully saturated rings. The van der Waals surface area contributed by atoms with Crippen molar-refractivity contribution in [2.75, 3.05) is 18.0 Å². The molecule has 0 radical (unpaired) electrons. The third kappa shape index (κ3) is 4.08. The third-order valence-electron chi connectivity index (χ3n) is 4.64. The number of H-pyrrole nitrogens is 1. The average Bonchev–Trinajstić information content (AvgIpc) is 3.28. The lowest BCUT2D eigenvalue weighted by molar-refractivity contribution is 0.0509. The van der Waals surface area contributed by atoms with Crippen LogP contribution in [0.25, 0.3) is 16.7 Å². The Kier molecular flexibility index (Phi) is 4.73. The lowest BCUT2D eigenvalue weighted by Crippen LogP contribution is -2.40. The topological polar surface area (TPSA) is 105 Å². The predicted octanol–water partition coefficient (Wildman–Crippen LogP) is 2.21. The van der Waals surface area contributed by atoms with Gasteiger partial charge in [0.2, 0.25) is 5.95 Å². The number of hydrogen-bond acceptors (Lipinski definition) is 6. The van der Waals surface area contributed by atoms with Crippen LogP contribution in [-0.4, -0.2) is 50.6 Å². The molecule has 1 aromatic carbocycles. The first-order valence-electron chi connectivity index (χ1n) is 9.58. The Morgan fingerprint density at radius 1 is 1.28 bits per heavy atom. The minimum absolute atomic E-state index is 0.0788. The van der Waals surface area contributed by atoms with Gasteiger partial charge < -0.3 is 15.0 Å². The predicted molar refractivity (Wildman–Crippen MR) is 109 cm³/mol. The molecule has 1 aliphatic heterocycles. The number of benzene rings is 1. The van der Waals surface area contributed by atoms with Crippen LogP contribution in [0.4, 0.5) is 10.7 Å². The number of carbonyl (C=O) groups is 1. The fraction of sp³-hybridized carbons (Fsp3) is 0.400. The summed E-state index contributed by atoms with van der Waals surface area (Å²) in [4.78, 5) is 34.0. The van der Waals surface area contributed by atoms with Crippen LogP contribution < -0.4 is 15.8 Å². The molecule has 2 N–H and O–H groups in total. The zero-order valence-corrected chi connectivity index (χ0v) is 16.7. The molecule has 0 bridgehead atoms. The molecule has 3 heterocycles. The van der Waals surface area contributed by atoms with Crippen LogP contribution in [0.5, 0.6) is 0 Å². The summed E-state index contributed by atoms with van der Waals surface area (Å²) < 4.78 is 6.97. The first-order valence-corrected chi connectivity index (χ1v) is 9.58. The van der Waals surface area contributed by atoms with Gasteiger partial charge in [-0.15, -0.1) is 0 Å². The highest BCUT2D eigenvalue weighted by molar-refractivity contribution is 5.76. The standard InChI is InChI=1S/C20H24N6O3/c1-20(2,3)29-19(28)22-13-9-10-25(12-13)18-23-16-15(17(27)24-18)11-21-26(16)14-7-5-4-6-8-14/h4-8,11,13H,9-10,12H2,1-3H3,(H,22,28)(H,23,24,27)/t13-/m0/s1. The van der Waals surface area contributed by atoms with Crippen molar-refractivity contribution in [3.8, 4) is 5.69 Å². The molecular weight excluding hydrogens is 372 g/mol. The van der Waals surface area contributed by atoms with Crippen LogP contribution in [0.3, 0.4) is 0 Å². The number of nitrogens with zero attached hydrogens (tertiary/aromatic N) is 4. The van der Waals surface area contributed by atoms with Gasteiger partial charge in [-0.3, -0.25) is 9.78 Å². The van der Waals surface area contributed by atoms with Gasteiger partial charge in [-0.2, -0.15) is 10.1 Å². The van der Waals surface area contributed by atoms with E-state index < -0.39 is 11.7 Å². The van der Waals surface area contributed by atoms with E-state index in [1.807, 2.05) is 56.0 Å². The SMILES string of the molecule is CC(C)(C)OC(=O)N[C@H]1CCN(c2nc3c(cnn3-c3ccccc3)c(=O)[nH]2)C1. The molecule has 3 aromatic rings. The summed E-state index contributed by atoms with van der Waals surface area (Å²) in [5, 5.41) is 7.63. The van der Waals surface area contributed by atoms with Crippen molar-refractivity contribution in [2.24, 2.45) is 0 Å². The lowest BCUT2D eigenvalue weighted by atomic mass is 10.2. The number of aromatic amines is 1. The monoisotopic (exact) mass is 396 g/mol. The van der Waals surface area contributed by atoms with E-state index in [9.17, 15) is 9.59 Å². The van der Waals surface area contributed by atoms with Gasteiger partial charge in [0.1, 0.15) is 11.0 Å². The quantitative estimate of drug-likeness (QED) is 0.703. The minimum atomic E-state index is -0.546. The van der Waals surface area contributed by atoms with Gasteiger partial charge in [-0.05, 0) is 39.3 Å². The summed E-state index contributed by atoms with van der Waals surface area (Å²) in [5.74, 6) is 0.466. The number of amides is 1. The second-order valence-corrected chi connectivity index (χ2v) is 8.10. The van der Waals surface area contributed by atoms with E-state index in [0.29, 0.717) is 30.1 Å². The Morgan fingerprint density at radius 3 is 2.76 bits per heavy atom. The van der Waals surface area contributed by atoms with Gasteiger partial charge >= 0.3 is 6.09 Å². The molecule has 0 saturated carbocycles. The van der Waals surface area contributed by atoms with Crippen LogP contribution in [0.1, 0.15) is 27.2 Å². The summed E-state index contributed by atoms with van der Waals surface area (Å²) >= 11 is 0. The fourth-order valence-electron chi connectivity index (χ4n) is 3.36.